The van der Waals surface area contributed by atoms with Gasteiger partial charge >= 0.3 is 0 Å². The third kappa shape index (κ3) is 6.18. The highest BCUT2D eigenvalue weighted by molar-refractivity contribution is 6.35. The minimum absolute atomic E-state index is 0.0456. The summed E-state index contributed by atoms with van der Waals surface area (Å²) in [4.78, 5) is 28.1. The summed E-state index contributed by atoms with van der Waals surface area (Å²) in [6.45, 7) is 11.1. The molecule has 0 bridgehead atoms. The van der Waals surface area contributed by atoms with Gasteiger partial charge in [-0.05, 0) is 93.7 Å². The Hall–Kier alpha value is -7.06. The number of anilines is 2. The van der Waals surface area contributed by atoms with Crippen LogP contribution >= 0.6 is 0 Å². The van der Waals surface area contributed by atoms with E-state index in [0.717, 1.165) is 21.5 Å². The number of aliphatic hydroxyl groups excluding tert-OH is 2. The molecule has 0 spiro atoms. The molecule has 6 aromatic carbocycles. The van der Waals surface area contributed by atoms with Crippen molar-refractivity contribution in [2.45, 2.75) is 41.5 Å². The number of aliphatic hydroxyl groups is 2. The number of ketones is 2. The van der Waals surface area contributed by atoms with Crippen molar-refractivity contribution < 1.29 is 30.0 Å². The summed E-state index contributed by atoms with van der Waals surface area (Å²) in [7, 11) is 0. The van der Waals surface area contributed by atoms with Crippen LogP contribution in [0.2, 0.25) is 0 Å². The largest absolute Gasteiger partial charge is 0.507 e. The molecule has 8 nitrogen and oxygen atoms in total. The third-order valence-electron chi connectivity index (χ3n) is 11.2. The summed E-state index contributed by atoms with van der Waals surface area (Å²) >= 11 is 0. The molecule has 8 heteroatoms. The maximum absolute atomic E-state index is 14.1. The zero-order valence-electron chi connectivity index (χ0n) is 33.2. The van der Waals surface area contributed by atoms with E-state index in [4.69, 9.17) is 0 Å². The Labute approximate surface area is 336 Å². The number of aromatic hydroxyl groups is 2. The van der Waals surface area contributed by atoms with Gasteiger partial charge < -0.3 is 31.1 Å². The van der Waals surface area contributed by atoms with E-state index < -0.39 is 23.1 Å². The van der Waals surface area contributed by atoms with Crippen molar-refractivity contribution >= 4 is 66.8 Å². The Balaban J connectivity index is 1.32. The molecule has 2 aliphatic rings. The van der Waals surface area contributed by atoms with Gasteiger partial charge in [-0.2, -0.15) is 0 Å². The zero-order chi connectivity index (χ0) is 41.2. The summed E-state index contributed by atoms with van der Waals surface area (Å²) < 4.78 is 0. The SMILES string of the molecule is Cc1cc2c(c(O)c1-c1c(C)cc3c(c1O)C(=CNc1ccc4ccccc4c1)C(=O)C(O)=C3C(C)C)C(=CNc1ccc3ccccc3c1)C(=O)C(O)=C2C(C)C. The van der Waals surface area contributed by atoms with E-state index in [1.807, 2.05) is 125 Å². The summed E-state index contributed by atoms with van der Waals surface area (Å²) in [5.41, 5.74) is 5.39. The van der Waals surface area contributed by atoms with Crippen LogP contribution in [0.15, 0.2) is 121 Å². The number of nitrogens with one attached hydrogen (secondary N) is 2. The van der Waals surface area contributed by atoms with Crippen LogP contribution in [0.4, 0.5) is 11.4 Å². The lowest BCUT2D eigenvalue weighted by molar-refractivity contribution is -0.113. The van der Waals surface area contributed by atoms with Gasteiger partial charge in [0.2, 0.25) is 11.6 Å². The van der Waals surface area contributed by atoms with Gasteiger partial charge in [-0.25, -0.2) is 0 Å². The van der Waals surface area contributed by atoms with Gasteiger partial charge in [0.05, 0.1) is 11.1 Å². The standard InChI is InChI=1S/C50H44N2O6/c1-25(2)39-35-19-27(5)41(47(55)43(35)37(45(53)49(39)57)23-51-33-17-15-29-11-7-9-13-31(29)21-33)42-28(6)20-36-40(26(3)4)50(58)46(54)38(44(36)48(42)56)24-52-34-18-16-30-12-8-10-14-32(30)22-34/h7-26,51-52,55-58H,1-6H3. The number of phenols is 2. The number of benzene rings is 6. The summed E-state index contributed by atoms with van der Waals surface area (Å²) in [5.74, 6) is -3.17. The van der Waals surface area contributed by atoms with Crippen molar-refractivity contribution in [3.8, 4) is 22.6 Å². The fraction of sp³-hybridized carbons (Fsp3) is 0.160. The maximum atomic E-state index is 14.1. The highest BCUT2D eigenvalue weighted by Gasteiger charge is 2.38. The molecule has 0 radical (unpaired) electrons. The first kappa shape index (κ1) is 37.8. The number of allylic oxidation sites excluding steroid dienone is 4. The molecule has 6 aromatic rings. The normalized spacial score (nSPS) is 15.7. The highest BCUT2D eigenvalue weighted by Crippen LogP contribution is 2.53. The molecular formula is C50H44N2O6. The van der Waals surface area contributed by atoms with Crippen LogP contribution in [0.25, 0.3) is 55.0 Å². The molecule has 8 rings (SSSR count). The third-order valence-corrected chi connectivity index (χ3v) is 11.2. The van der Waals surface area contributed by atoms with E-state index in [1.54, 1.807) is 13.8 Å². The Bertz CT molecular complexity index is 2690. The van der Waals surface area contributed by atoms with Crippen LogP contribution in [0.5, 0.6) is 11.5 Å². The number of hydrogen-bond donors (Lipinski definition) is 6. The zero-order valence-corrected chi connectivity index (χ0v) is 33.2. The second-order valence-corrected chi connectivity index (χ2v) is 15.7. The lowest BCUT2D eigenvalue weighted by atomic mass is 9.75. The Kier molecular flexibility index (Phi) is 9.44. The molecule has 0 saturated heterocycles. The van der Waals surface area contributed by atoms with E-state index in [2.05, 4.69) is 10.6 Å². The molecular weight excluding hydrogens is 725 g/mol. The van der Waals surface area contributed by atoms with Gasteiger partial charge in [0, 0.05) is 57.2 Å². The van der Waals surface area contributed by atoms with Crippen LogP contribution < -0.4 is 10.6 Å². The maximum Gasteiger partial charge on any atom is 0.229 e. The Morgan fingerprint density at radius 1 is 0.483 bits per heavy atom. The molecule has 58 heavy (non-hydrogen) atoms. The number of Topliss-reactive ketones (excluding diaryl/α,β-unsaturated/α-hetero) is 2. The van der Waals surface area contributed by atoms with Crippen LogP contribution in [0.1, 0.15) is 61.1 Å². The molecule has 290 valence electrons. The van der Waals surface area contributed by atoms with E-state index in [0.29, 0.717) is 44.8 Å². The molecule has 0 fully saturated rings. The molecule has 2 aliphatic carbocycles. The molecule has 0 amide bonds. The minimum Gasteiger partial charge on any atom is -0.507 e. The lowest BCUT2D eigenvalue weighted by Crippen LogP contribution is -2.20. The van der Waals surface area contributed by atoms with Crippen molar-refractivity contribution in [2.24, 2.45) is 11.8 Å². The minimum atomic E-state index is -0.654. The number of aryl methyl sites for hydroxylation is 2. The average Bonchev–Trinajstić information content (AvgIpc) is 3.19. The van der Waals surface area contributed by atoms with E-state index in [-0.39, 0.29) is 56.7 Å². The van der Waals surface area contributed by atoms with Crippen molar-refractivity contribution in [3.63, 3.8) is 0 Å². The molecule has 0 saturated carbocycles. The number of phenolic OH excluding ortho intramolecular Hbond substituents is 2. The van der Waals surface area contributed by atoms with Gasteiger partial charge in [-0.1, -0.05) is 100 Å². The summed E-state index contributed by atoms with van der Waals surface area (Å²) in [6, 6.07) is 31.0. The highest BCUT2D eigenvalue weighted by atomic mass is 16.3. The number of hydrogen-bond acceptors (Lipinski definition) is 8. The van der Waals surface area contributed by atoms with Crippen molar-refractivity contribution in [3.05, 3.63) is 154 Å². The van der Waals surface area contributed by atoms with Gasteiger partial charge in [-0.15, -0.1) is 0 Å². The molecule has 0 aliphatic heterocycles. The van der Waals surface area contributed by atoms with E-state index >= 15 is 0 Å². The van der Waals surface area contributed by atoms with Gasteiger partial charge in [0.15, 0.2) is 11.5 Å². The number of carbonyl (C=O) groups is 2. The second-order valence-electron chi connectivity index (χ2n) is 15.7. The number of rotatable bonds is 7. The van der Waals surface area contributed by atoms with Gasteiger partial charge in [0.1, 0.15) is 11.5 Å². The second kappa shape index (κ2) is 14.5. The van der Waals surface area contributed by atoms with E-state index in [1.165, 1.54) is 12.4 Å². The summed E-state index contributed by atoms with van der Waals surface area (Å²) in [6.07, 6.45) is 2.99. The summed E-state index contributed by atoms with van der Waals surface area (Å²) in [5, 5.41) is 58.2. The van der Waals surface area contributed by atoms with Crippen molar-refractivity contribution in [2.75, 3.05) is 10.6 Å². The van der Waals surface area contributed by atoms with Crippen molar-refractivity contribution in [1.82, 2.24) is 0 Å². The van der Waals surface area contributed by atoms with Gasteiger partial charge in [0.25, 0.3) is 0 Å². The predicted octanol–water partition coefficient (Wildman–Crippen LogP) is 11.6. The molecule has 0 heterocycles. The van der Waals surface area contributed by atoms with Crippen molar-refractivity contribution in [1.29, 1.82) is 0 Å². The molecule has 6 N–H and O–H groups in total. The Morgan fingerprint density at radius 3 is 1.21 bits per heavy atom. The first-order valence-corrected chi connectivity index (χ1v) is 19.4. The first-order valence-electron chi connectivity index (χ1n) is 19.4. The molecule has 0 aromatic heterocycles. The fourth-order valence-corrected chi connectivity index (χ4v) is 8.50. The number of carbonyl (C=O) groups excluding carboxylic acids is 2. The molecule has 0 atom stereocenters. The fourth-order valence-electron chi connectivity index (χ4n) is 8.50. The van der Waals surface area contributed by atoms with E-state index in [9.17, 15) is 30.0 Å². The average molecular weight is 769 g/mol. The van der Waals surface area contributed by atoms with Crippen LogP contribution in [0.3, 0.4) is 0 Å². The van der Waals surface area contributed by atoms with Crippen LogP contribution in [-0.2, 0) is 9.59 Å². The van der Waals surface area contributed by atoms with Crippen LogP contribution in [-0.4, -0.2) is 32.0 Å². The predicted molar refractivity (Wildman–Crippen MR) is 235 cm³/mol. The van der Waals surface area contributed by atoms with Crippen LogP contribution in [0, 0.1) is 25.7 Å². The van der Waals surface area contributed by atoms with Gasteiger partial charge in [-0.3, -0.25) is 9.59 Å². The quantitative estimate of drug-likeness (QED) is 0.0883. The monoisotopic (exact) mass is 768 g/mol. The smallest absolute Gasteiger partial charge is 0.229 e. The number of fused-ring (bicyclic) bond motifs is 4. The first-order chi connectivity index (χ1) is 27.8. The molecule has 0 unspecified atom stereocenters. The lowest BCUT2D eigenvalue weighted by Gasteiger charge is -2.29. The Morgan fingerprint density at radius 2 is 0.845 bits per heavy atom. The topological polar surface area (TPSA) is 139 Å².